The first kappa shape index (κ1) is 42.8. The van der Waals surface area contributed by atoms with Gasteiger partial charge in [0.25, 0.3) is 0 Å². The van der Waals surface area contributed by atoms with E-state index < -0.39 is 0 Å². The number of nitrogens with zero attached hydrogens (tertiary/aromatic N) is 1. The molecule has 0 bridgehead atoms. The zero-order valence-electron chi connectivity index (χ0n) is 40.9. The van der Waals surface area contributed by atoms with E-state index in [2.05, 4.69) is 251 Å². The van der Waals surface area contributed by atoms with E-state index in [1.54, 1.807) is 0 Å². The molecular weight excluding hydrogens is 812 g/mol. The summed E-state index contributed by atoms with van der Waals surface area (Å²) in [6.45, 7) is 25.4. The van der Waals surface area contributed by atoms with Crippen molar-refractivity contribution in [3.8, 4) is 33.4 Å². The van der Waals surface area contributed by atoms with Crippen LogP contribution in [0.5, 0.6) is 0 Å². The lowest BCUT2D eigenvalue weighted by Gasteiger charge is -2.37. The Labute approximate surface area is 398 Å². The average molecular weight is 872 g/mol. The molecule has 9 aromatic rings. The van der Waals surface area contributed by atoms with E-state index in [0.29, 0.717) is 0 Å². The molecule has 0 saturated carbocycles. The normalized spacial score (nSPS) is 14.1. The SMILES string of the molecule is CC(C)(C)c1ccc(Nc2cc3c(cc2-c2c4c(cc5c2oc2ccccc25)N(c2ccc(C(C)(C)C)cc2-c2ccccc2)c2ccc(C(C)(C)C)cc2[B]4)-c2ccccc2C3(C)C)cc1. The number of nitrogens with one attached hydrogen (secondary N) is 1. The molecule has 0 unspecified atom stereocenters. The molecule has 331 valence electrons. The monoisotopic (exact) mass is 871 g/mol. The van der Waals surface area contributed by atoms with E-state index in [4.69, 9.17) is 4.42 Å². The predicted octanol–water partition coefficient (Wildman–Crippen LogP) is 16.3. The summed E-state index contributed by atoms with van der Waals surface area (Å²) in [6.07, 6.45) is 0. The van der Waals surface area contributed by atoms with Gasteiger partial charge in [-0.05, 0) is 121 Å². The second-order valence-corrected chi connectivity index (χ2v) is 22.6. The van der Waals surface area contributed by atoms with Gasteiger partial charge in [-0.2, -0.15) is 0 Å². The topological polar surface area (TPSA) is 28.4 Å². The molecule has 0 spiro atoms. The van der Waals surface area contributed by atoms with Gasteiger partial charge in [-0.15, -0.1) is 0 Å². The molecule has 2 heterocycles. The number of fused-ring (bicyclic) bond motifs is 8. The summed E-state index contributed by atoms with van der Waals surface area (Å²) >= 11 is 0. The van der Waals surface area contributed by atoms with Gasteiger partial charge in [0, 0.05) is 55.6 Å². The highest BCUT2D eigenvalue weighted by Gasteiger charge is 2.38. The molecule has 1 aliphatic carbocycles. The van der Waals surface area contributed by atoms with Gasteiger partial charge in [0.15, 0.2) is 7.28 Å². The van der Waals surface area contributed by atoms with Crippen molar-refractivity contribution in [2.75, 3.05) is 10.2 Å². The third-order valence-electron chi connectivity index (χ3n) is 14.6. The van der Waals surface area contributed by atoms with Gasteiger partial charge >= 0.3 is 0 Å². The zero-order valence-corrected chi connectivity index (χ0v) is 40.9. The van der Waals surface area contributed by atoms with Crippen LogP contribution in [0.15, 0.2) is 162 Å². The van der Waals surface area contributed by atoms with Crippen LogP contribution in [-0.2, 0) is 21.7 Å². The van der Waals surface area contributed by atoms with Crippen LogP contribution in [0.3, 0.4) is 0 Å². The largest absolute Gasteiger partial charge is 0.455 e. The summed E-state index contributed by atoms with van der Waals surface area (Å²) < 4.78 is 7.18. The molecule has 1 aliphatic heterocycles. The molecule has 4 heteroatoms. The van der Waals surface area contributed by atoms with Crippen LogP contribution in [0, 0.1) is 0 Å². The molecular formula is C63H60BN2O. The maximum atomic E-state index is 7.18. The van der Waals surface area contributed by atoms with Crippen molar-refractivity contribution in [2.45, 2.75) is 97.8 Å². The van der Waals surface area contributed by atoms with Gasteiger partial charge in [0.2, 0.25) is 0 Å². The molecule has 0 saturated heterocycles. The summed E-state index contributed by atoms with van der Waals surface area (Å²) in [5.74, 6) is 0. The number of furan rings is 1. The molecule has 1 N–H and O–H groups in total. The van der Waals surface area contributed by atoms with Crippen LogP contribution in [-0.4, -0.2) is 7.28 Å². The van der Waals surface area contributed by atoms with Crippen LogP contribution in [0.2, 0.25) is 0 Å². The minimum absolute atomic E-state index is 0.0403. The van der Waals surface area contributed by atoms with Crippen LogP contribution >= 0.6 is 0 Å². The van der Waals surface area contributed by atoms with Crippen molar-refractivity contribution in [3.63, 3.8) is 0 Å². The Bertz CT molecular complexity index is 3430. The van der Waals surface area contributed by atoms with E-state index in [0.717, 1.165) is 67.0 Å². The Morgan fingerprint density at radius 3 is 1.84 bits per heavy atom. The Balaban J connectivity index is 1.26. The Kier molecular flexibility index (Phi) is 9.67. The smallest absolute Gasteiger partial charge is 0.198 e. The second kappa shape index (κ2) is 15.1. The van der Waals surface area contributed by atoms with E-state index >= 15 is 0 Å². The predicted molar refractivity (Wildman–Crippen MR) is 288 cm³/mol. The fourth-order valence-electron chi connectivity index (χ4n) is 10.7. The molecule has 2 aliphatic rings. The molecule has 11 rings (SSSR count). The fraction of sp³-hybridized carbons (Fsp3) is 0.238. The van der Waals surface area contributed by atoms with Crippen molar-refractivity contribution >= 4 is 68.6 Å². The third-order valence-corrected chi connectivity index (χ3v) is 14.6. The lowest BCUT2D eigenvalue weighted by Crippen LogP contribution is -2.41. The van der Waals surface area contributed by atoms with Gasteiger partial charge < -0.3 is 14.6 Å². The number of para-hydroxylation sites is 1. The van der Waals surface area contributed by atoms with Crippen molar-refractivity contribution in [3.05, 3.63) is 186 Å². The van der Waals surface area contributed by atoms with Crippen molar-refractivity contribution in [1.82, 2.24) is 0 Å². The van der Waals surface area contributed by atoms with E-state index in [1.165, 1.54) is 55.5 Å². The van der Waals surface area contributed by atoms with Gasteiger partial charge in [0.1, 0.15) is 11.2 Å². The summed E-state index contributed by atoms with van der Waals surface area (Å²) in [5.41, 5.74) is 23.0. The second-order valence-electron chi connectivity index (χ2n) is 22.6. The molecule has 0 fully saturated rings. The van der Waals surface area contributed by atoms with Crippen molar-refractivity contribution in [2.24, 2.45) is 0 Å². The van der Waals surface area contributed by atoms with Gasteiger partial charge in [-0.3, -0.25) is 0 Å². The molecule has 3 nitrogen and oxygen atoms in total. The molecule has 0 amide bonds. The van der Waals surface area contributed by atoms with Gasteiger partial charge in [-0.1, -0.05) is 185 Å². The Hall–Kier alpha value is -6.78. The summed E-state index contributed by atoms with van der Waals surface area (Å²) in [5, 5.41) is 6.21. The summed E-state index contributed by atoms with van der Waals surface area (Å²) in [6, 6.07) is 58.9. The zero-order chi connectivity index (χ0) is 46.8. The first-order valence-corrected chi connectivity index (χ1v) is 24.0. The summed E-state index contributed by atoms with van der Waals surface area (Å²) in [7, 11) is 2.44. The number of benzene rings is 8. The average Bonchev–Trinajstić information content (AvgIpc) is 3.77. The van der Waals surface area contributed by atoms with Crippen molar-refractivity contribution in [1.29, 1.82) is 0 Å². The fourth-order valence-corrected chi connectivity index (χ4v) is 10.7. The highest BCUT2D eigenvalue weighted by molar-refractivity contribution is 6.74. The molecule has 0 atom stereocenters. The molecule has 1 radical (unpaired) electrons. The maximum Gasteiger partial charge on any atom is 0.198 e. The third kappa shape index (κ3) is 7.10. The maximum absolute atomic E-state index is 7.18. The van der Waals surface area contributed by atoms with Crippen molar-refractivity contribution < 1.29 is 4.42 Å². The molecule has 67 heavy (non-hydrogen) atoms. The number of hydrogen-bond acceptors (Lipinski definition) is 3. The van der Waals surface area contributed by atoms with Gasteiger partial charge in [0.05, 0.1) is 5.69 Å². The Morgan fingerprint density at radius 2 is 1.12 bits per heavy atom. The first-order chi connectivity index (χ1) is 31.9. The minimum Gasteiger partial charge on any atom is -0.455 e. The van der Waals surface area contributed by atoms with Gasteiger partial charge in [-0.25, -0.2) is 0 Å². The highest BCUT2D eigenvalue weighted by Crippen LogP contribution is 2.54. The van der Waals surface area contributed by atoms with E-state index in [1.807, 2.05) is 0 Å². The molecule has 8 aromatic carbocycles. The van der Waals surface area contributed by atoms with Crippen LogP contribution < -0.4 is 21.1 Å². The standard InChI is InChI=1S/C63H60BN2O/c1-60(2,3)39-25-29-42(30-26-39)65-52-37-50-46(43-21-15-17-23-49(43)63(50,10)11)35-48(52)57-58-55(36-47-44-22-16-18-24-56(44)67-59(47)57)66(54-32-28-41(62(7,8)9)34-51(54)64-58)53-31-27-40(61(4,5)6)33-45(53)38-19-13-12-14-20-38/h12-37,65H,1-11H3. The molecule has 1 aromatic heterocycles. The lowest BCUT2D eigenvalue weighted by molar-refractivity contribution is 0.590. The minimum atomic E-state index is -0.194. The number of anilines is 5. The van der Waals surface area contributed by atoms with Crippen LogP contribution in [0.25, 0.3) is 55.3 Å². The summed E-state index contributed by atoms with van der Waals surface area (Å²) in [4.78, 5) is 2.54. The highest BCUT2D eigenvalue weighted by atomic mass is 16.3. The lowest BCUT2D eigenvalue weighted by atomic mass is 9.57. The van der Waals surface area contributed by atoms with E-state index in [9.17, 15) is 0 Å². The number of rotatable bonds is 5. The first-order valence-electron chi connectivity index (χ1n) is 24.0. The Morgan fingerprint density at radius 1 is 0.493 bits per heavy atom. The van der Waals surface area contributed by atoms with Crippen LogP contribution in [0.4, 0.5) is 28.4 Å². The number of hydrogen-bond donors (Lipinski definition) is 1. The van der Waals surface area contributed by atoms with Crippen LogP contribution in [0.1, 0.15) is 104 Å². The quantitative estimate of drug-likeness (QED) is 0.175. The van der Waals surface area contributed by atoms with E-state index in [-0.39, 0.29) is 21.7 Å².